The summed E-state index contributed by atoms with van der Waals surface area (Å²) in [5.41, 5.74) is 6.85. The summed E-state index contributed by atoms with van der Waals surface area (Å²) in [4.78, 5) is 52.7. The van der Waals surface area contributed by atoms with Gasteiger partial charge in [-0.25, -0.2) is 9.78 Å². The Bertz CT molecular complexity index is 1840. The third-order valence-electron chi connectivity index (χ3n) is 8.35. The Hall–Kier alpha value is -4.67. The molecule has 15 heteroatoms. The molecular formula is C35H31N5O7S3. The van der Waals surface area contributed by atoms with Crippen LogP contribution < -0.4 is 11.1 Å². The number of thioether (sulfide) groups is 2. The van der Waals surface area contributed by atoms with Gasteiger partial charge in [-0.2, -0.15) is 0 Å². The van der Waals surface area contributed by atoms with Crippen LogP contribution in [0.25, 0.3) is 0 Å². The first-order valence-corrected chi connectivity index (χ1v) is 18.5. The molecule has 3 aromatic carbocycles. The number of nitrogens with one attached hydrogen (secondary N) is 1. The smallest absolute Gasteiger partial charge is 0.353 e. The number of carbonyl (C=O) groups is 3. The molecule has 2 unspecified atom stereocenters. The molecule has 3 aliphatic heterocycles. The number of hydrogen-bond acceptors (Lipinski definition) is 12. The van der Waals surface area contributed by atoms with Gasteiger partial charge in [0.15, 0.2) is 10.8 Å². The molecule has 2 amide bonds. The van der Waals surface area contributed by atoms with Gasteiger partial charge in [-0.3, -0.25) is 14.5 Å². The molecule has 1 aromatic heterocycles. The summed E-state index contributed by atoms with van der Waals surface area (Å²) >= 11 is 3.83. The molecule has 2 saturated heterocycles. The van der Waals surface area contributed by atoms with Crippen LogP contribution >= 0.6 is 34.9 Å². The van der Waals surface area contributed by atoms with E-state index in [1.807, 2.05) is 91.0 Å². The van der Waals surface area contributed by atoms with Gasteiger partial charge in [0.1, 0.15) is 29.6 Å². The number of carboxylic acids is 1. The van der Waals surface area contributed by atoms with Gasteiger partial charge in [-0.15, -0.1) is 34.9 Å². The fourth-order valence-corrected chi connectivity index (χ4v) is 9.15. The van der Waals surface area contributed by atoms with E-state index in [0.717, 1.165) is 28.0 Å². The van der Waals surface area contributed by atoms with E-state index < -0.39 is 34.8 Å². The second-order valence-corrected chi connectivity index (χ2v) is 14.5. The van der Waals surface area contributed by atoms with Gasteiger partial charge in [0, 0.05) is 38.5 Å². The van der Waals surface area contributed by atoms with Crippen molar-refractivity contribution in [1.82, 2.24) is 15.2 Å². The Morgan fingerprint density at radius 3 is 2.18 bits per heavy atom. The highest BCUT2D eigenvalue weighted by molar-refractivity contribution is 8.06. The van der Waals surface area contributed by atoms with Gasteiger partial charge in [0.2, 0.25) is 5.60 Å². The number of nitrogens with zero attached hydrogens (tertiary/aromatic N) is 3. The monoisotopic (exact) mass is 729 g/mol. The van der Waals surface area contributed by atoms with Crippen molar-refractivity contribution >= 4 is 63.5 Å². The van der Waals surface area contributed by atoms with Crippen molar-refractivity contribution in [3.8, 4) is 0 Å². The number of ether oxygens (including phenoxy) is 2. The van der Waals surface area contributed by atoms with Crippen molar-refractivity contribution in [2.75, 3.05) is 30.6 Å². The Morgan fingerprint density at radius 2 is 1.66 bits per heavy atom. The predicted molar refractivity (Wildman–Crippen MR) is 191 cm³/mol. The first kappa shape index (κ1) is 33.8. The highest BCUT2D eigenvalue weighted by atomic mass is 32.2. The number of rotatable bonds is 12. The number of fused-ring (bicyclic) bond motifs is 1. The molecule has 0 aliphatic carbocycles. The summed E-state index contributed by atoms with van der Waals surface area (Å²) in [6, 6.07) is 27.6. The highest BCUT2D eigenvalue weighted by Crippen LogP contribution is 2.44. The van der Waals surface area contributed by atoms with E-state index in [4.69, 9.17) is 20.0 Å². The van der Waals surface area contributed by atoms with Crippen molar-refractivity contribution in [1.29, 1.82) is 0 Å². The van der Waals surface area contributed by atoms with Crippen LogP contribution in [0.1, 0.15) is 22.4 Å². The maximum absolute atomic E-state index is 14.1. The van der Waals surface area contributed by atoms with E-state index in [0.29, 0.717) is 23.0 Å². The zero-order valence-electron chi connectivity index (χ0n) is 26.3. The van der Waals surface area contributed by atoms with E-state index in [2.05, 4.69) is 15.5 Å². The molecule has 0 bridgehead atoms. The number of oxime groups is 1. The van der Waals surface area contributed by atoms with E-state index in [9.17, 15) is 19.5 Å². The summed E-state index contributed by atoms with van der Waals surface area (Å²) in [7, 11) is 0. The number of thiazole rings is 1. The summed E-state index contributed by atoms with van der Waals surface area (Å²) in [5.74, 6) is -1.64. The van der Waals surface area contributed by atoms with Gasteiger partial charge < -0.3 is 30.5 Å². The topological polar surface area (TPSA) is 166 Å². The number of benzene rings is 3. The Morgan fingerprint density at radius 1 is 1.04 bits per heavy atom. The molecular weight excluding hydrogens is 699 g/mol. The van der Waals surface area contributed by atoms with E-state index in [1.54, 1.807) is 5.38 Å². The lowest BCUT2D eigenvalue weighted by atomic mass is 9.80. The summed E-state index contributed by atoms with van der Waals surface area (Å²) in [5, 5.41) is 18.6. The number of β-lactam (4-membered cyclic amide) rings is 1. The van der Waals surface area contributed by atoms with Crippen molar-refractivity contribution < 1.29 is 33.8 Å². The molecule has 0 radical (unpaired) electrons. The first-order valence-electron chi connectivity index (χ1n) is 15.5. The van der Waals surface area contributed by atoms with Gasteiger partial charge in [0.05, 0.1) is 12.7 Å². The first-order chi connectivity index (χ1) is 24.4. The molecule has 0 saturated carbocycles. The number of nitrogens with two attached hydrogens (primary N) is 1. The van der Waals surface area contributed by atoms with Crippen LogP contribution in [-0.4, -0.2) is 80.9 Å². The van der Waals surface area contributed by atoms with Crippen LogP contribution in [0, 0.1) is 0 Å². The van der Waals surface area contributed by atoms with Crippen LogP contribution in [-0.2, 0) is 34.3 Å². The van der Waals surface area contributed by atoms with E-state index >= 15 is 0 Å². The minimum Gasteiger partial charge on any atom is -0.477 e. The number of aromatic nitrogens is 1. The summed E-state index contributed by atoms with van der Waals surface area (Å²) in [6.45, 7) is 0.630. The molecule has 3 aliphatic rings. The van der Waals surface area contributed by atoms with Crippen LogP contribution in [0.15, 0.2) is 112 Å². The minimum atomic E-state index is -1.29. The van der Waals surface area contributed by atoms with Gasteiger partial charge >= 0.3 is 5.97 Å². The lowest BCUT2D eigenvalue weighted by Gasteiger charge is -2.49. The molecule has 3 atom stereocenters. The number of anilines is 1. The molecule has 4 N–H and O–H groups in total. The lowest BCUT2D eigenvalue weighted by Crippen LogP contribution is -2.71. The molecule has 12 nitrogen and oxygen atoms in total. The van der Waals surface area contributed by atoms with Crippen LogP contribution in [0.4, 0.5) is 5.13 Å². The summed E-state index contributed by atoms with van der Waals surface area (Å²) in [6.07, 6.45) is -0.159. The lowest BCUT2D eigenvalue weighted by molar-refractivity contribution is -0.150. The third-order valence-corrected chi connectivity index (χ3v) is 11.7. The van der Waals surface area contributed by atoms with Crippen molar-refractivity contribution in [3.05, 3.63) is 129 Å². The number of hydrogen-bond donors (Lipinski definition) is 3. The Labute approximate surface area is 299 Å². The standard InChI is InChI=1S/C35H31N5O7S3/c36-34-37-25(18-50-34)27(39-47-35(21-10-4-1-5-11-21,22-12-6-2-7-13-22)23-14-8-3-9-15-23)30(41)38-28-31(42)40-29(33(43)44)26(19-49-32(28)40)48-17-24-16-45-20-46-24/h1-15,18,24,28,32H,16-17,19-20H2,(H2,36,37)(H,38,41)(H,43,44)/b39-27-/t24?,28?,32-/m1/s1. The predicted octanol–water partition coefficient (Wildman–Crippen LogP) is 4.24. The second kappa shape index (κ2) is 14.7. The molecule has 4 heterocycles. The van der Waals surface area contributed by atoms with Gasteiger partial charge in [-0.05, 0) is 0 Å². The highest BCUT2D eigenvalue weighted by Gasteiger charge is 2.54. The largest absolute Gasteiger partial charge is 0.477 e. The van der Waals surface area contributed by atoms with E-state index in [1.165, 1.54) is 28.4 Å². The number of nitrogen functional groups attached to an aromatic ring is 1. The average molecular weight is 730 g/mol. The normalized spacial score (nSPS) is 20.6. The zero-order valence-corrected chi connectivity index (χ0v) is 28.8. The number of carbonyl (C=O) groups excluding carboxylic acids is 2. The van der Waals surface area contributed by atoms with Crippen LogP contribution in [0.5, 0.6) is 0 Å². The zero-order chi connectivity index (χ0) is 34.7. The second-order valence-electron chi connectivity index (χ2n) is 11.4. The Kier molecular flexibility index (Phi) is 9.92. The van der Waals surface area contributed by atoms with Crippen molar-refractivity contribution in [3.63, 3.8) is 0 Å². The minimum absolute atomic E-state index is 0.0870. The fraction of sp³-hybridized carbons (Fsp3) is 0.229. The van der Waals surface area contributed by atoms with Crippen LogP contribution in [0.2, 0.25) is 0 Å². The Balaban J connectivity index is 1.20. The molecule has 2 fully saturated rings. The van der Waals surface area contributed by atoms with Crippen LogP contribution in [0.3, 0.4) is 0 Å². The molecule has 50 heavy (non-hydrogen) atoms. The number of carboxylic acid groups (broad SMARTS) is 1. The molecule has 7 rings (SSSR count). The summed E-state index contributed by atoms with van der Waals surface area (Å²) < 4.78 is 10.7. The number of amides is 2. The molecule has 4 aromatic rings. The van der Waals surface area contributed by atoms with Gasteiger partial charge in [0.25, 0.3) is 11.8 Å². The molecule has 256 valence electrons. The van der Waals surface area contributed by atoms with Gasteiger partial charge in [-0.1, -0.05) is 96.2 Å². The van der Waals surface area contributed by atoms with E-state index in [-0.39, 0.29) is 35.1 Å². The van der Waals surface area contributed by atoms with Crippen molar-refractivity contribution in [2.24, 2.45) is 5.16 Å². The maximum Gasteiger partial charge on any atom is 0.353 e. The average Bonchev–Trinajstić information content (AvgIpc) is 3.84. The maximum atomic E-state index is 14.1. The molecule has 0 spiro atoms. The fourth-order valence-electron chi connectivity index (χ4n) is 5.96. The quantitative estimate of drug-likeness (QED) is 0.0827. The SMILES string of the molecule is Nc1nc(/C(=N/OC(c2ccccc2)(c2ccccc2)c2ccccc2)C(=O)NC2C(=O)N3C(C(=O)O)=C(SCC4COCO4)CS[C@H]23)cs1. The number of aliphatic carboxylic acids is 1. The third kappa shape index (κ3) is 6.50. The van der Waals surface area contributed by atoms with Crippen molar-refractivity contribution in [2.45, 2.75) is 23.1 Å².